The van der Waals surface area contributed by atoms with E-state index in [0.717, 1.165) is 12.0 Å². The normalized spacial score (nSPS) is 9.60. The van der Waals surface area contributed by atoms with Crippen LogP contribution in [0.25, 0.3) is 0 Å². The van der Waals surface area contributed by atoms with Crippen molar-refractivity contribution in [3.8, 4) is 0 Å². The molecule has 0 unspecified atom stereocenters. The first-order valence-electron chi connectivity index (χ1n) is 3.23. The predicted molar refractivity (Wildman–Crippen MR) is 46.9 cm³/mol. The molecular weight excluding hydrogens is 124 g/mol. The summed E-state index contributed by atoms with van der Waals surface area (Å²) in [5.74, 6) is 0. The molecule has 0 aliphatic carbocycles. The topological polar surface area (TPSA) is 20.2 Å². The molecule has 0 aliphatic heterocycles. The molecule has 1 nitrogen and oxygen atoms in total. The predicted octanol–water partition coefficient (Wildman–Crippen LogP) is 2.30. The summed E-state index contributed by atoms with van der Waals surface area (Å²) in [5.41, 5.74) is 1.10. The van der Waals surface area contributed by atoms with Gasteiger partial charge in [0, 0.05) is 6.61 Å². The standard InChI is InChI=1S/C7H12O.C2H4/c1-3-7(4-2)5-6-8;1-2/h3-4,8H,1,5-6H2,2H3;1-2H2/b7-4+;. The maximum atomic E-state index is 8.41. The molecule has 1 N–H and O–H groups in total. The second kappa shape index (κ2) is 11.0. The second-order valence-electron chi connectivity index (χ2n) is 1.54. The van der Waals surface area contributed by atoms with Crippen molar-refractivity contribution < 1.29 is 5.11 Å². The zero-order valence-corrected chi connectivity index (χ0v) is 6.64. The van der Waals surface area contributed by atoms with E-state index in [0.29, 0.717) is 0 Å². The molecule has 0 rings (SSSR count). The Labute approximate surface area is 63.4 Å². The van der Waals surface area contributed by atoms with Crippen LogP contribution in [0.15, 0.2) is 37.5 Å². The Bertz CT molecular complexity index is 103. The molecule has 10 heavy (non-hydrogen) atoms. The quantitative estimate of drug-likeness (QED) is 0.471. The van der Waals surface area contributed by atoms with E-state index in [-0.39, 0.29) is 6.61 Å². The summed E-state index contributed by atoms with van der Waals surface area (Å²) in [7, 11) is 0. The monoisotopic (exact) mass is 140 g/mol. The number of hydrogen-bond donors (Lipinski definition) is 1. The molecule has 1 heteroatoms. The minimum atomic E-state index is 0.214. The number of rotatable bonds is 3. The van der Waals surface area contributed by atoms with Gasteiger partial charge in [0.05, 0.1) is 0 Å². The van der Waals surface area contributed by atoms with Gasteiger partial charge in [-0.3, -0.25) is 0 Å². The summed E-state index contributed by atoms with van der Waals surface area (Å²) in [6.07, 6.45) is 4.43. The minimum absolute atomic E-state index is 0.214. The average molecular weight is 140 g/mol. The SMILES string of the molecule is C=C.C=C/C(=C\C)CCO. The first-order chi connectivity index (χ1) is 4.85. The van der Waals surface area contributed by atoms with Gasteiger partial charge in [-0.2, -0.15) is 0 Å². The van der Waals surface area contributed by atoms with Crippen LogP contribution in [0.2, 0.25) is 0 Å². The molecule has 0 aromatic rings. The van der Waals surface area contributed by atoms with E-state index in [4.69, 9.17) is 5.11 Å². The zero-order valence-electron chi connectivity index (χ0n) is 6.64. The second-order valence-corrected chi connectivity index (χ2v) is 1.54. The Balaban J connectivity index is 0. The Morgan fingerprint density at radius 3 is 2.10 bits per heavy atom. The number of aliphatic hydroxyl groups excluding tert-OH is 1. The van der Waals surface area contributed by atoms with Crippen molar-refractivity contribution in [3.05, 3.63) is 37.5 Å². The number of hydrogen-bond acceptors (Lipinski definition) is 1. The van der Waals surface area contributed by atoms with Gasteiger partial charge in [-0.05, 0) is 13.3 Å². The highest BCUT2D eigenvalue weighted by atomic mass is 16.2. The van der Waals surface area contributed by atoms with Gasteiger partial charge < -0.3 is 5.11 Å². The van der Waals surface area contributed by atoms with Crippen molar-refractivity contribution in [1.82, 2.24) is 0 Å². The van der Waals surface area contributed by atoms with Gasteiger partial charge >= 0.3 is 0 Å². The fraction of sp³-hybridized carbons (Fsp3) is 0.333. The first kappa shape index (κ1) is 11.9. The van der Waals surface area contributed by atoms with Crippen LogP contribution in [0.4, 0.5) is 0 Å². The van der Waals surface area contributed by atoms with Gasteiger partial charge in [0.1, 0.15) is 0 Å². The van der Waals surface area contributed by atoms with Crippen LogP contribution in [0.5, 0.6) is 0 Å². The van der Waals surface area contributed by atoms with Crippen LogP contribution >= 0.6 is 0 Å². The Hall–Kier alpha value is -0.820. The third-order valence-corrected chi connectivity index (χ3v) is 1.03. The molecule has 0 atom stereocenters. The highest BCUT2D eigenvalue weighted by molar-refractivity contribution is 5.14. The summed E-state index contributed by atoms with van der Waals surface area (Å²) in [6, 6.07) is 0. The van der Waals surface area contributed by atoms with Gasteiger partial charge in [0.25, 0.3) is 0 Å². The van der Waals surface area contributed by atoms with Crippen LogP contribution in [-0.4, -0.2) is 11.7 Å². The molecule has 0 radical (unpaired) electrons. The third-order valence-electron chi connectivity index (χ3n) is 1.03. The molecule has 0 heterocycles. The largest absolute Gasteiger partial charge is 0.396 e. The Kier molecular flexibility index (Phi) is 13.2. The summed E-state index contributed by atoms with van der Waals surface area (Å²) >= 11 is 0. The summed E-state index contributed by atoms with van der Waals surface area (Å²) in [6.45, 7) is 11.7. The van der Waals surface area contributed by atoms with E-state index in [1.54, 1.807) is 6.08 Å². The molecule has 0 aliphatic rings. The van der Waals surface area contributed by atoms with Crippen LogP contribution in [0.3, 0.4) is 0 Å². The van der Waals surface area contributed by atoms with Crippen molar-refractivity contribution in [2.45, 2.75) is 13.3 Å². The maximum Gasteiger partial charge on any atom is 0.0471 e. The van der Waals surface area contributed by atoms with E-state index < -0.39 is 0 Å². The Morgan fingerprint density at radius 2 is 2.00 bits per heavy atom. The van der Waals surface area contributed by atoms with Crippen molar-refractivity contribution in [2.75, 3.05) is 6.61 Å². The maximum absolute atomic E-state index is 8.41. The molecular formula is C9H16O. The number of aliphatic hydroxyl groups is 1. The zero-order chi connectivity index (χ0) is 8.41. The van der Waals surface area contributed by atoms with Gasteiger partial charge in [-0.15, -0.1) is 13.2 Å². The van der Waals surface area contributed by atoms with Crippen molar-refractivity contribution >= 4 is 0 Å². The first-order valence-corrected chi connectivity index (χ1v) is 3.23. The van der Waals surface area contributed by atoms with E-state index in [2.05, 4.69) is 19.7 Å². The Morgan fingerprint density at radius 1 is 1.50 bits per heavy atom. The van der Waals surface area contributed by atoms with Gasteiger partial charge in [-0.25, -0.2) is 0 Å². The average Bonchev–Trinajstić information content (AvgIpc) is 2.04. The smallest absolute Gasteiger partial charge is 0.0471 e. The highest BCUT2D eigenvalue weighted by Crippen LogP contribution is 1.98. The van der Waals surface area contributed by atoms with Crippen LogP contribution in [-0.2, 0) is 0 Å². The number of allylic oxidation sites excluding steroid dienone is 2. The van der Waals surface area contributed by atoms with Crippen LogP contribution in [0.1, 0.15) is 13.3 Å². The van der Waals surface area contributed by atoms with Crippen LogP contribution in [0, 0.1) is 0 Å². The lowest BCUT2D eigenvalue weighted by Gasteiger charge is -1.92. The van der Waals surface area contributed by atoms with Crippen LogP contribution < -0.4 is 0 Å². The molecule has 0 fully saturated rings. The van der Waals surface area contributed by atoms with Crippen molar-refractivity contribution in [1.29, 1.82) is 0 Å². The molecule has 0 aromatic carbocycles. The lowest BCUT2D eigenvalue weighted by atomic mass is 10.2. The highest BCUT2D eigenvalue weighted by Gasteiger charge is 1.84. The molecule has 0 amide bonds. The van der Waals surface area contributed by atoms with Gasteiger partial charge in [0.2, 0.25) is 0 Å². The summed E-state index contributed by atoms with van der Waals surface area (Å²) in [5, 5.41) is 8.41. The lowest BCUT2D eigenvalue weighted by Crippen LogP contribution is -1.82. The summed E-state index contributed by atoms with van der Waals surface area (Å²) < 4.78 is 0. The van der Waals surface area contributed by atoms with E-state index in [9.17, 15) is 0 Å². The molecule has 58 valence electrons. The van der Waals surface area contributed by atoms with Gasteiger partial charge in [0.15, 0.2) is 0 Å². The molecule has 0 saturated heterocycles. The minimum Gasteiger partial charge on any atom is -0.396 e. The van der Waals surface area contributed by atoms with Crippen molar-refractivity contribution in [2.24, 2.45) is 0 Å². The van der Waals surface area contributed by atoms with E-state index >= 15 is 0 Å². The van der Waals surface area contributed by atoms with E-state index in [1.807, 2.05) is 13.0 Å². The summed E-state index contributed by atoms with van der Waals surface area (Å²) in [4.78, 5) is 0. The van der Waals surface area contributed by atoms with Crippen molar-refractivity contribution in [3.63, 3.8) is 0 Å². The molecule has 0 spiro atoms. The fourth-order valence-electron chi connectivity index (χ4n) is 0.493. The van der Waals surface area contributed by atoms with E-state index in [1.165, 1.54) is 0 Å². The molecule has 0 bridgehead atoms. The third kappa shape index (κ3) is 7.18. The fourth-order valence-corrected chi connectivity index (χ4v) is 0.493. The molecule has 0 aromatic heterocycles. The van der Waals surface area contributed by atoms with Gasteiger partial charge in [-0.1, -0.05) is 24.3 Å². The lowest BCUT2D eigenvalue weighted by molar-refractivity contribution is 0.300. The molecule has 0 saturated carbocycles.